The van der Waals surface area contributed by atoms with Crippen molar-refractivity contribution in [3.8, 4) is 0 Å². The van der Waals surface area contributed by atoms with Gasteiger partial charge >= 0.3 is 17.1 Å². The third-order valence-corrected chi connectivity index (χ3v) is 7.84. The van der Waals surface area contributed by atoms with E-state index in [1.807, 2.05) is 0 Å². The first-order valence-electron chi connectivity index (χ1n) is 13.6. The van der Waals surface area contributed by atoms with Gasteiger partial charge in [0.1, 0.15) is 0 Å². The monoisotopic (exact) mass is 523 g/mol. The second-order valence-electron chi connectivity index (χ2n) is 12.1. The zero-order valence-electron chi connectivity index (χ0n) is 23.0. The third-order valence-electron chi connectivity index (χ3n) is 7.84. The average Bonchev–Trinajstić information content (AvgIpc) is 2.65. The molecule has 3 saturated heterocycles. The standard InChI is InChI=1S/C14H26N2.C14H24N2.Cu.H2O/c2*1-9-5-11(3)15-13(7-9)14-8-10(2)6-12(4)16-14;;/h9-14H,5-8H2,1-4H3;7,10-14H,5-6,8H2,1-4H3;;1H2/q2*-2;+2;. The van der Waals surface area contributed by atoms with Gasteiger partial charge in [0.15, 0.2) is 0 Å². The SMILES string of the molecule is CC1=CC(C2CC(C)CC(C)[N-]2)[N-]C(C)C1.CC1CC(C)[N-]C(C2CC(C)CC(C)[N-]2)C1.O.[Cu+2]. The molecule has 6 heteroatoms. The van der Waals surface area contributed by atoms with Crippen LogP contribution in [0.1, 0.15) is 100 Å². The Balaban J connectivity index is 0.000000321. The molecular formula is C28H52CuN4O-2. The molecule has 203 valence electrons. The number of rotatable bonds is 2. The van der Waals surface area contributed by atoms with Crippen molar-refractivity contribution in [2.45, 2.75) is 149 Å². The van der Waals surface area contributed by atoms with Crippen molar-refractivity contribution in [2.24, 2.45) is 17.8 Å². The van der Waals surface area contributed by atoms with Crippen molar-refractivity contribution < 1.29 is 22.5 Å². The van der Waals surface area contributed by atoms with E-state index in [-0.39, 0.29) is 22.5 Å². The Morgan fingerprint density at radius 1 is 0.559 bits per heavy atom. The van der Waals surface area contributed by atoms with Crippen LogP contribution in [0.4, 0.5) is 0 Å². The molecule has 11 atom stereocenters. The maximum atomic E-state index is 4.93. The van der Waals surface area contributed by atoms with Gasteiger partial charge in [-0.2, -0.15) is 12.1 Å². The summed E-state index contributed by atoms with van der Waals surface area (Å²) in [5.74, 6) is 2.47. The molecule has 0 spiro atoms. The van der Waals surface area contributed by atoms with Crippen LogP contribution in [0.3, 0.4) is 0 Å². The fourth-order valence-corrected chi connectivity index (χ4v) is 6.78. The Morgan fingerprint density at radius 2 is 0.941 bits per heavy atom. The smallest absolute Gasteiger partial charge is 0.658 e. The zero-order valence-corrected chi connectivity index (χ0v) is 23.9. The van der Waals surface area contributed by atoms with Gasteiger partial charge in [0, 0.05) is 0 Å². The third kappa shape index (κ3) is 9.84. The molecular weight excluding hydrogens is 472 g/mol. The first-order chi connectivity index (χ1) is 15.1. The van der Waals surface area contributed by atoms with Gasteiger partial charge in [0.05, 0.1) is 0 Å². The first-order valence-corrected chi connectivity index (χ1v) is 13.6. The van der Waals surface area contributed by atoms with Crippen LogP contribution in [0.25, 0.3) is 21.3 Å². The number of piperidine rings is 3. The average molecular weight is 524 g/mol. The summed E-state index contributed by atoms with van der Waals surface area (Å²) in [7, 11) is 0. The Bertz CT molecular complexity index is 563. The van der Waals surface area contributed by atoms with E-state index < -0.39 is 0 Å². The molecule has 2 N–H and O–H groups in total. The van der Waals surface area contributed by atoms with Gasteiger partial charge in [-0.05, 0) is 31.1 Å². The topological polar surface area (TPSA) is 87.9 Å². The molecule has 0 amide bonds. The minimum atomic E-state index is 0. The summed E-state index contributed by atoms with van der Waals surface area (Å²) in [5.41, 5.74) is 1.49. The van der Waals surface area contributed by atoms with Crippen molar-refractivity contribution in [1.82, 2.24) is 0 Å². The summed E-state index contributed by atoms with van der Waals surface area (Å²) in [4.78, 5) is 0. The quantitative estimate of drug-likeness (QED) is 0.268. The van der Waals surface area contributed by atoms with Crippen molar-refractivity contribution >= 4 is 0 Å². The summed E-state index contributed by atoms with van der Waals surface area (Å²) >= 11 is 0. The van der Waals surface area contributed by atoms with Gasteiger partial charge in [-0.3, -0.25) is 0 Å². The molecule has 0 aromatic carbocycles. The fraction of sp³-hybridized carbons (Fsp3) is 0.929. The number of nitrogens with zero attached hydrogens (tertiary/aromatic N) is 4. The molecule has 0 bridgehead atoms. The summed E-state index contributed by atoms with van der Waals surface area (Å²) in [6.07, 6.45) is 11.0. The molecule has 4 aliphatic heterocycles. The summed E-state index contributed by atoms with van der Waals surface area (Å²) in [5, 5.41) is 19.6. The van der Waals surface area contributed by atoms with Gasteiger partial charge in [0.25, 0.3) is 0 Å². The van der Waals surface area contributed by atoms with E-state index in [1.165, 1.54) is 44.1 Å². The van der Waals surface area contributed by atoms with Gasteiger partial charge < -0.3 is 26.7 Å². The molecule has 4 heterocycles. The van der Waals surface area contributed by atoms with E-state index in [1.54, 1.807) is 0 Å². The fourth-order valence-electron chi connectivity index (χ4n) is 6.78. The summed E-state index contributed by atoms with van der Waals surface area (Å²) < 4.78 is 0. The van der Waals surface area contributed by atoms with E-state index in [4.69, 9.17) is 21.3 Å². The van der Waals surface area contributed by atoms with Crippen molar-refractivity contribution in [3.05, 3.63) is 32.9 Å². The van der Waals surface area contributed by atoms with Crippen LogP contribution in [0.2, 0.25) is 0 Å². The predicted molar refractivity (Wildman–Crippen MR) is 144 cm³/mol. The summed E-state index contributed by atoms with van der Waals surface area (Å²) in [6, 6.07) is 3.94. The molecule has 4 aliphatic rings. The zero-order chi connectivity index (χ0) is 23.4. The van der Waals surface area contributed by atoms with Gasteiger partial charge in [-0.1, -0.05) is 92.6 Å². The first kappa shape index (κ1) is 32.1. The second kappa shape index (κ2) is 14.7. The number of hydrogen-bond donors (Lipinski definition) is 0. The van der Waals surface area contributed by atoms with Crippen LogP contribution >= 0.6 is 0 Å². The van der Waals surface area contributed by atoms with Crippen molar-refractivity contribution in [1.29, 1.82) is 0 Å². The van der Waals surface area contributed by atoms with Crippen LogP contribution < -0.4 is 0 Å². The van der Waals surface area contributed by atoms with Crippen LogP contribution in [-0.2, 0) is 17.1 Å². The molecule has 0 aromatic heterocycles. The van der Waals surface area contributed by atoms with Crippen LogP contribution in [0.5, 0.6) is 0 Å². The molecule has 0 aliphatic carbocycles. The van der Waals surface area contributed by atoms with Crippen LogP contribution in [0.15, 0.2) is 11.6 Å². The molecule has 0 aromatic rings. The van der Waals surface area contributed by atoms with Crippen LogP contribution in [-0.4, -0.2) is 53.8 Å². The molecule has 5 nitrogen and oxygen atoms in total. The molecule has 3 fully saturated rings. The molecule has 1 radical (unpaired) electrons. The Kier molecular flexibility index (Phi) is 13.9. The van der Waals surface area contributed by atoms with Gasteiger partial charge in [-0.25, -0.2) is 0 Å². The Morgan fingerprint density at radius 3 is 1.32 bits per heavy atom. The molecule has 11 unspecified atom stereocenters. The minimum absolute atomic E-state index is 0. The van der Waals surface area contributed by atoms with Crippen LogP contribution in [0, 0.1) is 17.8 Å². The van der Waals surface area contributed by atoms with Crippen molar-refractivity contribution in [2.75, 3.05) is 0 Å². The van der Waals surface area contributed by atoms with E-state index in [2.05, 4.69) is 61.5 Å². The molecule has 34 heavy (non-hydrogen) atoms. The predicted octanol–water partition coefficient (Wildman–Crippen LogP) is 7.31. The molecule has 4 rings (SSSR count). The minimum Gasteiger partial charge on any atom is -0.658 e. The van der Waals surface area contributed by atoms with E-state index in [9.17, 15) is 0 Å². The summed E-state index contributed by atoms with van der Waals surface area (Å²) in [6.45, 7) is 18.3. The van der Waals surface area contributed by atoms with E-state index in [0.717, 1.165) is 24.2 Å². The van der Waals surface area contributed by atoms with E-state index in [0.29, 0.717) is 48.3 Å². The normalized spacial score (nSPS) is 44.9. The maximum absolute atomic E-state index is 4.93. The molecule has 0 saturated carbocycles. The Hall–Kier alpha value is 0.0595. The Labute approximate surface area is 221 Å². The largest absolute Gasteiger partial charge is 2.00 e. The van der Waals surface area contributed by atoms with Crippen molar-refractivity contribution in [3.63, 3.8) is 0 Å². The maximum Gasteiger partial charge on any atom is 2.00 e. The van der Waals surface area contributed by atoms with E-state index >= 15 is 0 Å². The second-order valence-corrected chi connectivity index (χ2v) is 12.1. The van der Waals surface area contributed by atoms with Gasteiger partial charge in [0.2, 0.25) is 0 Å². The number of hydrogen-bond acceptors (Lipinski definition) is 0. The van der Waals surface area contributed by atoms with Gasteiger partial charge in [-0.15, -0.1) is 42.3 Å².